The summed E-state index contributed by atoms with van der Waals surface area (Å²) in [5.74, 6) is 0.717. The minimum absolute atomic E-state index is 0.121. The molecule has 7 heteroatoms. The third-order valence-corrected chi connectivity index (χ3v) is 10.4. The van der Waals surface area contributed by atoms with Crippen LogP contribution >= 0.6 is 38.5 Å². The van der Waals surface area contributed by atoms with Crippen molar-refractivity contribution in [1.29, 1.82) is 0 Å². The van der Waals surface area contributed by atoms with Crippen molar-refractivity contribution in [3.63, 3.8) is 0 Å². The van der Waals surface area contributed by atoms with E-state index in [1.807, 2.05) is 18.5 Å². The second-order valence-electron chi connectivity index (χ2n) is 7.74. The Morgan fingerprint density at radius 2 is 1.83 bits per heavy atom. The van der Waals surface area contributed by atoms with Crippen LogP contribution in [0.3, 0.4) is 0 Å². The highest BCUT2D eigenvalue weighted by Gasteiger charge is 2.38. The number of aromatic nitrogens is 2. The largest absolute Gasteiger partial charge is 0.473 e. The van der Waals surface area contributed by atoms with E-state index in [4.69, 9.17) is 9.16 Å². The normalized spacial score (nSPS) is 14.4. The lowest BCUT2D eigenvalue weighted by Gasteiger charge is -2.38. The quantitative estimate of drug-likeness (QED) is 0.269. The first-order valence-electron chi connectivity index (χ1n) is 8.04. The molecule has 0 amide bonds. The zero-order valence-corrected chi connectivity index (χ0v) is 20.3. The van der Waals surface area contributed by atoms with E-state index in [0.29, 0.717) is 0 Å². The average Bonchev–Trinajstić information content (AvgIpc) is 2.62. The summed E-state index contributed by atoms with van der Waals surface area (Å²) in [5.41, 5.74) is 1.15. The van der Waals surface area contributed by atoms with Crippen LogP contribution in [-0.4, -0.2) is 30.3 Å². The fraction of sp³-hybridized carbons (Fsp3) is 0.812. The van der Waals surface area contributed by atoms with Gasteiger partial charge in [-0.1, -0.05) is 36.7 Å². The first-order valence-corrected chi connectivity index (χ1v) is 13.2. The smallest absolute Gasteiger partial charge is 0.246 e. The van der Waals surface area contributed by atoms with Crippen LogP contribution in [0.15, 0.2) is 0 Å². The van der Waals surface area contributed by atoms with Gasteiger partial charge in [0.1, 0.15) is 0 Å². The van der Waals surface area contributed by atoms with Crippen LogP contribution in [0.25, 0.3) is 0 Å². The highest BCUT2D eigenvalue weighted by Crippen LogP contribution is 2.37. The molecule has 23 heavy (non-hydrogen) atoms. The molecule has 1 aromatic rings. The van der Waals surface area contributed by atoms with Gasteiger partial charge in [-0.2, -0.15) is 0 Å². The van der Waals surface area contributed by atoms with E-state index < -0.39 is 8.32 Å². The molecule has 0 bridgehead atoms. The Morgan fingerprint density at radius 3 is 2.26 bits per heavy atom. The van der Waals surface area contributed by atoms with Crippen LogP contribution < -0.4 is 4.74 Å². The van der Waals surface area contributed by atoms with Gasteiger partial charge in [0.15, 0.2) is 8.32 Å². The lowest BCUT2D eigenvalue weighted by molar-refractivity contribution is 0.170. The number of hydrogen-bond acceptors (Lipinski definition) is 3. The third kappa shape index (κ3) is 5.71. The Morgan fingerprint density at radius 1 is 1.26 bits per heavy atom. The van der Waals surface area contributed by atoms with Gasteiger partial charge in [0, 0.05) is 5.33 Å². The van der Waals surface area contributed by atoms with E-state index in [1.165, 1.54) is 0 Å². The van der Waals surface area contributed by atoms with Crippen LogP contribution in [0.1, 0.15) is 47.2 Å². The zero-order valence-electron chi connectivity index (χ0n) is 15.5. The number of ether oxygens (including phenoxy) is 1. The summed E-state index contributed by atoms with van der Waals surface area (Å²) in [6, 6.07) is 0. The molecule has 1 aromatic heterocycles. The summed E-state index contributed by atoms with van der Waals surface area (Å²) in [4.78, 5) is 0. The maximum atomic E-state index is 6.46. The van der Waals surface area contributed by atoms with Gasteiger partial charge in [-0.3, -0.25) is 4.68 Å². The van der Waals surface area contributed by atoms with Crippen LogP contribution in [0.2, 0.25) is 18.1 Å². The molecule has 0 aliphatic carbocycles. The monoisotopic (exact) mass is 516 g/mol. The lowest BCUT2D eigenvalue weighted by atomic mass is 10.2. The number of halogens is 2. The summed E-state index contributed by atoms with van der Waals surface area (Å²) in [7, 11) is -1.77. The van der Waals surface area contributed by atoms with Gasteiger partial charge in [0.05, 0.1) is 28.0 Å². The second kappa shape index (κ2) is 8.18. The van der Waals surface area contributed by atoms with Gasteiger partial charge in [-0.15, -0.1) is 5.10 Å². The summed E-state index contributed by atoms with van der Waals surface area (Å²) in [5, 5.41) is 5.61. The summed E-state index contributed by atoms with van der Waals surface area (Å²) in [6.45, 7) is 18.3. The van der Waals surface area contributed by atoms with E-state index in [1.54, 1.807) is 0 Å². The molecule has 0 fully saturated rings. The minimum Gasteiger partial charge on any atom is -0.473 e. The molecule has 0 aliphatic heterocycles. The highest BCUT2D eigenvalue weighted by molar-refractivity contribution is 14.1. The van der Waals surface area contributed by atoms with Crippen LogP contribution in [-0.2, 0) is 16.3 Å². The fourth-order valence-electron chi connectivity index (χ4n) is 1.99. The Labute approximate surface area is 164 Å². The van der Waals surface area contributed by atoms with E-state index in [2.05, 4.69) is 84.4 Å². The van der Waals surface area contributed by atoms with Crippen LogP contribution in [0, 0.1) is 3.57 Å². The average molecular weight is 517 g/mol. The fourth-order valence-corrected chi connectivity index (χ4v) is 5.22. The van der Waals surface area contributed by atoms with Gasteiger partial charge in [0.2, 0.25) is 5.88 Å². The van der Waals surface area contributed by atoms with Gasteiger partial charge >= 0.3 is 0 Å². The maximum Gasteiger partial charge on any atom is 0.246 e. The Hall–Kier alpha value is 0.397. The van der Waals surface area contributed by atoms with Crippen molar-refractivity contribution in [3.05, 3.63) is 9.26 Å². The molecule has 1 rings (SSSR count). The molecule has 4 nitrogen and oxygen atoms in total. The zero-order chi connectivity index (χ0) is 18.0. The first-order chi connectivity index (χ1) is 10.4. The number of alkyl halides is 1. The molecule has 0 saturated carbocycles. The predicted molar refractivity (Wildman–Crippen MR) is 111 cm³/mol. The molecule has 0 aliphatic rings. The topological polar surface area (TPSA) is 36.3 Å². The molecular formula is C16H30BrIN2O2Si. The Bertz CT molecular complexity index is 527. The van der Waals surface area contributed by atoms with Gasteiger partial charge in [0.25, 0.3) is 0 Å². The van der Waals surface area contributed by atoms with Crippen molar-refractivity contribution in [3.8, 4) is 5.88 Å². The van der Waals surface area contributed by atoms with Crippen LogP contribution in [0.5, 0.6) is 5.88 Å². The van der Waals surface area contributed by atoms with Gasteiger partial charge in [-0.25, -0.2) is 0 Å². The first kappa shape index (κ1) is 21.4. The predicted octanol–water partition coefficient (Wildman–Crippen LogP) is 5.58. The molecule has 0 radical (unpaired) electrons. The van der Waals surface area contributed by atoms with Crippen molar-refractivity contribution in [2.75, 3.05) is 0 Å². The summed E-state index contributed by atoms with van der Waals surface area (Å²) >= 11 is 5.88. The lowest BCUT2D eigenvalue weighted by Crippen LogP contribution is -2.44. The van der Waals surface area contributed by atoms with Crippen molar-refractivity contribution in [2.24, 2.45) is 0 Å². The van der Waals surface area contributed by atoms with E-state index in [9.17, 15) is 0 Å². The van der Waals surface area contributed by atoms with E-state index >= 15 is 0 Å². The molecule has 0 spiro atoms. The number of hydrogen-bond donors (Lipinski definition) is 0. The van der Waals surface area contributed by atoms with Crippen molar-refractivity contribution >= 4 is 46.8 Å². The summed E-state index contributed by atoms with van der Waals surface area (Å²) in [6.07, 6.45) is 0.243. The Kier molecular flexibility index (Phi) is 7.63. The maximum absolute atomic E-state index is 6.46. The Balaban J connectivity index is 2.92. The molecule has 134 valence electrons. The van der Waals surface area contributed by atoms with E-state index in [-0.39, 0.29) is 17.2 Å². The molecule has 1 unspecified atom stereocenters. The molecule has 0 aromatic carbocycles. The second-order valence-corrected chi connectivity index (χ2v) is 14.1. The van der Waals surface area contributed by atoms with Crippen molar-refractivity contribution in [2.45, 2.75) is 83.8 Å². The minimum atomic E-state index is -1.77. The third-order valence-electron chi connectivity index (χ3n) is 4.17. The number of rotatable bonds is 7. The standard InChI is InChI=1S/C16H30BrIN2O2Si/c1-11(2)21-15-14(18)13(9-17)20(19-15)10-12(3)22-23(7,8)16(4,5)6/h11-12H,9-10H2,1-8H3. The molecular weight excluding hydrogens is 487 g/mol. The summed E-state index contributed by atoms with van der Waals surface area (Å²) < 4.78 is 15.4. The molecule has 0 saturated heterocycles. The van der Waals surface area contributed by atoms with Crippen molar-refractivity contribution < 1.29 is 9.16 Å². The number of nitrogens with zero attached hydrogens (tertiary/aromatic N) is 2. The van der Waals surface area contributed by atoms with Crippen LogP contribution in [0.4, 0.5) is 0 Å². The molecule has 0 N–H and O–H groups in total. The van der Waals surface area contributed by atoms with Crippen molar-refractivity contribution in [1.82, 2.24) is 9.78 Å². The molecule has 1 atom stereocenters. The SMILES string of the molecule is CC(C)Oc1nn(CC(C)O[Si](C)(C)C(C)(C)C)c(CBr)c1I. The van der Waals surface area contributed by atoms with Gasteiger partial charge < -0.3 is 9.16 Å². The van der Waals surface area contributed by atoms with E-state index in [0.717, 1.165) is 27.0 Å². The molecule has 1 heterocycles. The van der Waals surface area contributed by atoms with Gasteiger partial charge in [-0.05, 0) is 61.5 Å². The highest BCUT2D eigenvalue weighted by atomic mass is 127.